The second-order valence-electron chi connectivity index (χ2n) is 7.41. The summed E-state index contributed by atoms with van der Waals surface area (Å²) in [6, 6.07) is 9.94. The molecule has 4 rings (SSSR count). The molecular formula is C21H21FN4O. The third-order valence-corrected chi connectivity index (χ3v) is 5.61. The average molecular weight is 364 g/mol. The number of pyridine rings is 1. The third kappa shape index (κ3) is 3.03. The van der Waals surface area contributed by atoms with Gasteiger partial charge in [0.25, 0.3) is 0 Å². The number of aromatic nitrogens is 1. The van der Waals surface area contributed by atoms with Crippen LogP contribution in [-0.4, -0.2) is 16.9 Å². The van der Waals surface area contributed by atoms with E-state index in [1.54, 1.807) is 31.3 Å². The Morgan fingerprint density at radius 3 is 2.81 bits per heavy atom. The van der Waals surface area contributed by atoms with E-state index < -0.39 is 0 Å². The zero-order chi connectivity index (χ0) is 19.1. The van der Waals surface area contributed by atoms with Gasteiger partial charge in [-0.15, -0.1) is 0 Å². The summed E-state index contributed by atoms with van der Waals surface area (Å²) in [5, 5.41) is 12.7. The van der Waals surface area contributed by atoms with E-state index in [4.69, 9.17) is 0 Å². The molecule has 1 amide bonds. The minimum atomic E-state index is -0.345. The number of halogens is 1. The number of carbonyl (C=O) groups is 1. The lowest BCUT2D eigenvalue weighted by Crippen LogP contribution is -2.51. The largest absolute Gasteiger partial charge is 0.362 e. The van der Waals surface area contributed by atoms with E-state index in [0.717, 1.165) is 24.1 Å². The highest BCUT2D eigenvalue weighted by atomic mass is 19.1. The maximum Gasteiger partial charge on any atom is 0.224 e. The number of rotatable bonds is 3. The molecule has 2 aromatic rings. The van der Waals surface area contributed by atoms with Crippen LogP contribution in [0, 0.1) is 29.0 Å². The monoisotopic (exact) mass is 364 g/mol. The lowest BCUT2D eigenvalue weighted by molar-refractivity contribution is -0.117. The minimum absolute atomic E-state index is 0.0272. The summed E-state index contributed by atoms with van der Waals surface area (Å²) in [6.45, 7) is 3.65. The number of nitriles is 1. The Kier molecular flexibility index (Phi) is 4.31. The van der Waals surface area contributed by atoms with Gasteiger partial charge in [-0.3, -0.25) is 4.79 Å². The van der Waals surface area contributed by atoms with Gasteiger partial charge in [0, 0.05) is 36.3 Å². The van der Waals surface area contributed by atoms with Crippen molar-refractivity contribution in [3.05, 3.63) is 53.5 Å². The van der Waals surface area contributed by atoms with Crippen LogP contribution in [0.2, 0.25) is 0 Å². The SMILES string of the molecule is CC(=O)N1c2ccc(F)cc2C(Nc2ncccc2C#N)[C@@H](C)[C@@H]1C1CC1. The van der Waals surface area contributed by atoms with Crippen LogP contribution in [0.4, 0.5) is 15.9 Å². The maximum atomic E-state index is 14.1. The summed E-state index contributed by atoms with van der Waals surface area (Å²) in [5.74, 6) is 0.607. The molecule has 3 atom stereocenters. The fourth-order valence-corrected chi connectivity index (χ4v) is 4.29. The predicted octanol–water partition coefficient (Wildman–Crippen LogP) is 4.03. The van der Waals surface area contributed by atoms with Crippen molar-refractivity contribution < 1.29 is 9.18 Å². The molecule has 2 aliphatic rings. The number of anilines is 2. The number of nitrogens with zero attached hydrogens (tertiary/aromatic N) is 3. The molecule has 0 bridgehead atoms. The number of nitrogens with one attached hydrogen (secondary N) is 1. The zero-order valence-corrected chi connectivity index (χ0v) is 15.3. The van der Waals surface area contributed by atoms with Crippen LogP contribution < -0.4 is 10.2 Å². The quantitative estimate of drug-likeness (QED) is 0.893. The van der Waals surface area contributed by atoms with Gasteiger partial charge in [0.05, 0.1) is 11.6 Å². The Balaban J connectivity index is 1.83. The van der Waals surface area contributed by atoms with Crippen molar-refractivity contribution in [1.82, 2.24) is 4.98 Å². The molecule has 1 N–H and O–H groups in total. The van der Waals surface area contributed by atoms with Crippen molar-refractivity contribution in [2.45, 2.75) is 38.8 Å². The number of hydrogen-bond acceptors (Lipinski definition) is 4. The van der Waals surface area contributed by atoms with Crippen LogP contribution in [0.15, 0.2) is 36.5 Å². The minimum Gasteiger partial charge on any atom is -0.362 e. The molecule has 6 heteroatoms. The van der Waals surface area contributed by atoms with Crippen molar-refractivity contribution in [2.24, 2.45) is 11.8 Å². The van der Waals surface area contributed by atoms with E-state index >= 15 is 0 Å². The Hall–Kier alpha value is -2.94. The second-order valence-corrected chi connectivity index (χ2v) is 7.41. The van der Waals surface area contributed by atoms with Crippen LogP contribution in [0.25, 0.3) is 0 Å². The van der Waals surface area contributed by atoms with Gasteiger partial charge in [0.15, 0.2) is 0 Å². The highest BCUT2D eigenvalue weighted by Crippen LogP contribution is 2.50. The molecule has 1 fully saturated rings. The summed E-state index contributed by atoms with van der Waals surface area (Å²) in [5.41, 5.74) is 1.91. The molecule has 1 unspecified atom stereocenters. The highest BCUT2D eigenvalue weighted by molar-refractivity contribution is 5.94. The van der Waals surface area contributed by atoms with E-state index in [1.165, 1.54) is 12.1 Å². The molecule has 1 aliphatic carbocycles. The first-order valence-corrected chi connectivity index (χ1v) is 9.22. The van der Waals surface area contributed by atoms with Crippen molar-refractivity contribution in [2.75, 3.05) is 10.2 Å². The van der Waals surface area contributed by atoms with E-state index in [2.05, 4.69) is 23.3 Å². The summed E-state index contributed by atoms with van der Waals surface area (Å²) in [6.07, 6.45) is 3.81. The van der Waals surface area contributed by atoms with E-state index in [-0.39, 0.29) is 29.7 Å². The lowest BCUT2D eigenvalue weighted by Gasteiger charge is -2.45. The number of benzene rings is 1. The molecule has 0 saturated heterocycles. The molecule has 5 nitrogen and oxygen atoms in total. The number of fused-ring (bicyclic) bond motifs is 1. The van der Waals surface area contributed by atoms with Gasteiger partial charge in [0.1, 0.15) is 17.7 Å². The van der Waals surface area contributed by atoms with Crippen LogP contribution in [0.3, 0.4) is 0 Å². The molecule has 2 heterocycles. The topological polar surface area (TPSA) is 69.0 Å². The van der Waals surface area contributed by atoms with Crippen molar-refractivity contribution in [3.8, 4) is 6.07 Å². The van der Waals surface area contributed by atoms with Gasteiger partial charge in [-0.2, -0.15) is 5.26 Å². The Morgan fingerprint density at radius 2 is 2.15 bits per heavy atom. The molecule has 27 heavy (non-hydrogen) atoms. The summed E-state index contributed by atoms with van der Waals surface area (Å²) in [7, 11) is 0. The highest BCUT2D eigenvalue weighted by Gasteiger charge is 2.47. The van der Waals surface area contributed by atoms with Gasteiger partial charge in [-0.1, -0.05) is 6.92 Å². The lowest BCUT2D eigenvalue weighted by atomic mass is 9.80. The van der Waals surface area contributed by atoms with Gasteiger partial charge in [-0.25, -0.2) is 9.37 Å². The van der Waals surface area contributed by atoms with Crippen LogP contribution >= 0.6 is 0 Å². The third-order valence-electron chi connectivity index (χ3n) is 5.61. The fraction of sp³-hybridized carbons (Fsp3) is 0.381. The molecule has 138 valence electrons. The standard InChI is InChI=1S/C21H21FN4O/c1-12-19(25-21-15(11-23)4-3-9-24-21)17-10-16(22)7-8-18(17)26(13(2)27)20(12)14-5-6-14/h3-4,7-10,12,14,19-20H,5-6H2,1-2H3,(H,24,25)/t12-,19?,20-/m1/s1. The number of hydrogen-bond donors (Lipinski definition) is 1. The zero-order valence-electron chi connectivity index (χ0n) is 15.3. The van der Waals surface area contributed by atoms with Gasteiger partial charge < -0.3 is 10.2 Å². The normalized spacial score (nSPS) is 24.1. The van der Waals surface area contributed by atoms with Gasteiger partial charge in [-0.05, 0) is 49.1 Å². The molecule has 0 radical (unpaired) electrons. The average Bonchev–Trinajstić information content (AvgIpc) is 3.48. The van der Waals surface area contributed by atoms with E-state index in [0.29, 0.717) is 17.3 Å². The molecular weight excluding hydrogens is 343 g/mol. The summed E-state index contributed by atoms with van der Waals surface area (Å²) < 4.78 is 14.1. The first-order valence-electron chi connectivity index (χ1n) is 9.22. The fourth-order valence-electron chi connectivity index (χ4n) is 4.29. The van der Waals surface area contributed by atoms with E-state index in [9.17, 15) is 14.4 Å². The summed E-state index contributed by atoms with van der Waals surface area (Å²) >= 11 is 0. The maximum absolute atomic E-state index is 14.1. The molecule has 1 aromatic heterocycles. The van der Waals surface area contributed by atoms with Gasteiger partial charge >= 0.3 is 0 Å². The second kappa shape index (κ2) is 6.66. The smallest absolute Gasteiger partial charge is 0.224 e. The predicted molar refractivity (Wildman–Crippen MR) is 101 cm³/mol. The first kappa shape index (κ1) is 17.5. The Bertz CT molecular complexity index is 934. The van der Waals surface area contributed by atoms with E-state index in [1.807, 2.05) is 4.90 Å². The molecule has 1 aliphatic heterocycles. The molecule has 1 aromatic carbocycles. The Labute approximate surface area is 157 Å². The van der Waals surface area contributed by atoms with Gasteiger partial charge in [0.2, 0.25) is 5.91 Å². The van der Waals surface area contributed by atoms with Crippen molar-refractivity contribution in [1.29, 1.82) is 5.26 Å². The van der Waals surface area contributed by atoms with Crippen molar-refractivity contribution >= 4 is 17.4 Å². The number of amides is 1. The first-order chi connectivity index (χ1) is 13.0. The number of carbonyl (C=O) groups excluding carboxylic acids is 1. The van der Waals surface area contributed by atoms with Crippen molar-refractivity contribution in [3.63, 3.8) is 0 Å². The summed E-state index contributed by atoms with van der Waals surface area (Å²) in [4.78, 5) is 18.6. The molecule has 0 spiro atoms. The Morgan fingerprint density at radius 1 is 1.37 bits per heavy atom. The van der Waals surface area contributed by atoms with Crippen LogP contribution in [-0.2, 0) is 4.79 Å². The van der Waals surface area contributed by atoms with Crippen LogP contribution in [0.5, 0.6) is 0 Å². The van der Waals surface area contributed by atoms with Crippen LogP contribution in [0.1, 0.15) is 43.9 Å². The molecule has 1 saturated carbocycles.